The van der Waals surface area contributed by atoms with Crippen LogP contribution in [0.1, 0.15) is 30.6 Å². The lowest BCUT2D eigenvalue weighted by molar-refractivity contribution is 0.0947. The molecule has 8 heteroatoms. The summed E-state index contributed by atoms with van der Waals surface area (Å²) in [6.07, 6.45) is 2.79. The number of fused-ring (bicyclic) bond motifs is 1. The van der Waals surface area contributed by atoms with E-state index in [1.807, 2.05) is 36.4 Å². The van der Waals surface area contributed by atoms with E-state index in [2.05, 4.69) is 39.0 Å². The lowest BCUT2D eigenvalue weighted by Crippen LogP contribution is -2.31. The topological polar surface area (TPSA) is 103 Å². The molecule has 3 heterocycles. The van der Waals surface area contributed by atoms with Crippen molar-refractivity contribution in [2.45, 2.75) is 20.3 Å². The van der Waals surface area contributed by atoms with Gasteiger partial charge >= 0.3 is 0 Å². The number of phenols is 1. The van der Waals surface area contributed by atoms with Gasteiger partial charge in [0.15, 0.2) is 0 Å². The van der Waals surface area contributed by atoms with Crippen LogP contribution < -0.4 is 10.1 Å². The number of hydrogen-bond donors (Lipinski definition) is 3. The van der Waals surface area contributed by atoms with E-state index in [0.29, 0.717) is 41.2 Å². The number of imidazole rings is 1. The van der Waals surface area contributed by atoms with Crippen molar-refractivity contribution in [2.24, 2.45) is 11.8 Å². The van der Waals surface area contributed by atoms with Crippen LogP contribution in [0.25, 0.3) is 33.5 Å². The Morgan fingerprint density at radius 3 is 2.89 bits per heavy atom. The first-order valence-electron chi connectivity index (χ1n) is 12.7. The Morgan fingerprint density at radius 1 is 1.22 bits per heavy atom. The van der Waals surface area contributed by atoms with Gasteiger partial charge in [0.1, 0.15) is 11.6 Å². The number of nitrogens with zero attached hydrogens (tertiary/aromatic N) is 3. The van der Waals surface area contributed by atoms with E-state index in [9.17, 15) is 9.90 Å². The minimum atomic E-state index is -0.0890. The molecule has 1 aliphatic rings. The number of hydrogen-bond acceptors (Lipinski definition) is 6. The standard InChI is InChI=1S/C29H33N5O3/c1-18(2)16-34-12-10-19(17-34)15-31-28(36)21-6-8-24-25(14-21)33-27(32-24)23-13-20(7-9-26(23)35)22-5-4-11-30-29(22)37-3/h4-9,11,13-14,18-19,35H,10,12,15-17H2,1-3H3,(H,31,36)(H,32,33). The van der Waals surface area contributed by atoms with E-state index in [1.54, 1.807) is 25.4 Å². The molecule has 8 nitrogen and oxygen atoms in total. The minimum Gasteiger partial charge on any atom is -0.507 e. The quantitative estimate of drug-likeness (QED) is 0.324. The Labute approximate surface area is 216 Å². The number of carbonyl (C=O) groups is 1. The summed E-state index contributed by atoms with van der Waals surface area (Å²) in [7, 11) is 1.58. The summed E-state index contributed by atoms with van der Waals surface area (Å²) < 4.78 is 5.39. The van der Waals surface area contributed by atoms with Gasteiger partial charge in [0.05, 0.1) is 23.7 Å². The molecule has 192 valence electrons. The largest absolute Gasteiger partial charge is 0.507 e. The van der Waals surface area contributed by atoms with Gasteiger partial charge in [0, 0.05) is 37.0 Å². The molecule has 1 aliphatic heterocycles. The predicted molar refractivity (Wildman–Crippen MR) is 145 cm³/mol. The van der Waals surface area contributed by atoms with E-state index in [-0.39, 0.29) is 11.7 Å². The molecule has 2 aromatic heterocycles. The third kappa shape index (κ3) is 5.44. The van der Waals surface area contributed by atoms with E-state index in [4.69, 9.17) is 4.74 Å². The number of phenolic OH excluding ortho intramolecular Hbond substituents is 1. The van der Waals surface area contributed by atoms with E-state index in [0.717, 1.165) is 48.2 Å². The highest BCUT2D eigenvalue weighted by molar-refractivity contribution is 5.97. The molecule has 1 amide bonds. The van der Waals surface area contributed by atoms with Gasteiger partial charge in [-0.15, -0.1) is 0 Å². The Morgan fingerprint density at radius 2 is 2.08 bits per heavy atom. The first kappa shape index (κ1) is 24.8. The number of aromatic hydroxyl groups is 1. The molecular weight excluding hydrogens is 466 g/mol. The van der Waals surface area contributed by atoms with Gasteiger partial charge < -0.3 is 25.0 Å². The Bertz CT molecular complexity index is 1410. The monoisotopic (exact) mass is 499 g/mol. The highest BCUT2D eigenvalue weighted by atomic mass is 16.5. The number of likely N-dealkylation sites (tertiary alicyclic amines) is 1. The maximum Gasteiger partial charge on any atom is 0.251 e. The Kier molecular flexibility index (Phi) is 7.10. The van der Waals surface area contributed by atoms with Gasteiger partial charge in [-0.2, -0.15) is 0 Å². The maximum absolute atomic E-state index is 12.9. The van der Waals surface area contributed by atoms with Crippen LogP contribution in [0.2, 0.25) is 0 Å². The fraction of sp³-hybridized carbons (Fsp3) is 0.345. The van der Waals surface area contributed by atoms with Crippen molar-refractivity contribution in [1.82, 2.24) is 25.2 Å². The summed E-state index contributed by atoms with van der Waals surface area (Å²) in [6, 6.07) is 14.5. The number of ether oxygens (including phenoxy) is 1. The zero-order chi connectivity index (χ0) is 25.9. The Hall–Kier alpha value is -3.91. The lowest BCUT2D eigenvalue weighted by atomic mass is 10.0. The van der Waals surface area contributed by atoms with Gasteiger partial charge in [0.2, 0.25) is 5.88 Å². The predicted octanol–water partition coefficient (Wildman–Crippen LogP) is 4.71. The molecule has 3 N–H and O–H groups in total. The van der Waals surface area contributed by atoms with Crippen LogP contribution in [-0.4, -0.2) is 64.2 Å². The van der Waals surface area contributed by atoms with E-state index >= 15 is 0 Å². The van der Waals surface area contributed by atoms with Gasteiger partial charge in [0.25, 0.3) is 5.91 Å². The first-order chi connectivity index (χ1) is 17.9. The normalized spacial score (nSPS) is 15.9. The maximum atomic E-state index is 12.9. The number of H-pyrrole nitrogens is 1. The molecule has 0 radical (unpaired) electrons. The van der Waals surface area contributed by atoms with Crippen molar-refractivity contribution in [1.29, 1.82) is 0 Å². The number of carbonyl (C=O) groups excluding carboxylic acids is 1. The van der Waals surface area contributed by atoms with Crippen LogP contribution in [0.15, 0.2) is 54.7 Å². The zero-order valence-electron chi connectivity index (χ0n) is 21.5. The number of benzene rings is 2. The molecule has 0 saturated carbocycles. The molecule has 1 fully saturated rings. The second-order valence-electron chi connectivity index (χ2n) is 10.1. The average Bonchev–Trinajstić information content (AvgIpc) is 3.53. The molecule has 0 aliphatic carbocycles. The number of pyridine rings is 1. The number of amides is 1. The van der Waals surface area contributed by atoms with Crippen LogP contribution in [0.4, 0.5) is 0 Å². The molecule has 1 saturated heterocycles. The van der Waals surface area contributed by atoms with Gasteiger partial charge in [-0.3, -0.25) is 4.79 Å². The third-order valence-electron chi connectivity index (χ3n) is 6.82. The van der Waals surface area contributed by atoms with Crippen molar-refractivity contribution in [3.63, 3.8) is 0 Å². The molecule has 1 atom stereocenters. The highest BCUT2D eigenvalue weighted by Gasteiger charge is 2.23. The number of aromatic amines is 1. The summed E-state index contributed by atoms with van der Waals surface area (Å²) in [6.45, 7) is 8.40. The van der Waals surface area contributed by atoms with Crippen LogP contribution in [0.5, 0.6) is 11.6 Å². The van der Waals surface area contributed by atoms with E-state index in [1.165, 1.54) is 0 Å². The smallest absolute Gasteiger partial charge is 0.251 e. The fourth-order valence-corrected chi connectivity index (χ4v) is 5.05. The van der Waals surface area contributed by atoms with Crippen molar-refractivity contribution >= 4 is 16.9 Å². The number of aromatic nitrogens is 3. The summed E-state index contributed by atoms with van der Waals surface area (Å²) in [5.74, 6) is 2.18. The molecular formula is C29H33N5O3. The minimum absolute atomic E-state index is 0.0890. The summed E-state index contributed by atoms with van der Waals surface area (Å²) >= 11 is 0. The molecule has 0 spiro atoms. The summed E-state index contributed by atoms with van der Waals surface area (Å²) in [5, 5.41) is 13.7. The molecule has 1 unspecified atom stereocenters. The molecule has 2 aromatic carbocycles. The zero-order valence-corrected chi connectivity index (χ0v) is 21.5. The van der Waals surface area contributed by atoms with Crippen LogP contribution in [0.3, 0.4) is 0 Å². The van der Waals surface area contributed by atoms with Gasteiger partial charge in [-0.05, 0) is 72.8 Å². The number of nitrogens with one attached hydrogen (secondary N) is 2. The average molecular weight is 500 g/mol. The van der Waals surface area contributed by atoms with Crippen LogP contribution in [0, 0.1) is 11.8 Å². The first-order valence-corrected chi connectivity index (χ1v) is 12.7. The van der Waals surface area contributed by atoms with Crippen molar-refractivity contribution in [3.8, 4) is 34.1 Å². The molecule has 0 bridgehead atoms. The molecule has 37 heavy (non-hydrogen) atoms. The number of rotatable bonds is 8. The second kappa shape index (κ2) is 10.6. The van der Waals surface area contributed by atoms with Crippen LogP contribution >= 0.6 is 0 Å². The van der Waals surface area contributed by atoms with Crippen molar-refractivity contribution in [3.05, 3.63) is 60.3 Å². The van der Waals surface area contributed by atoms with Crippen molar-refractivity contribution < 1.29 is 14.6 Å². The second-order valence-corrected chi connectivity index (χ2v) is 10.1. The van der Waals surface area contributed by atoms with Gasteiger partial charge in [-0.25, -0.2) is 9.97 Å². The highest BCUT2D eigenvalue weighted by Crippen LogP contribution is 2.35. The lowest BCUT2D eigenvalue weighted by Gasteiger charge is -2.18. The Balaban J connectivity index is 1.33. The van der Waals surface area contributed by atoms with Crippen LogP contribution in [-0.2, 0) is 0 Å². The SMILES string of the molecule is COc1ncccc1-c1ccc(O)c(-c2nc3ccc(C(=O)NCC4CCN(CC(C)C)C4)cc3[nH]2)c1. The summed E-state index contributed by atoms with van der Waals surface area (Å²) in [5.41, 5.74) is 4.24. The van der Waals surface area contributed by atoms with E-state index < -0.39 is 0 Å². The van der Waals surface area contributed by atoms with Gasteiger partial charge in [-0.1, -0.05) is 19.9 Å². The number of methoxy groups -OCH3 is 1. The fourth-order valence-electron chi connectivity index (χ4n) is 5.05. The van der Waals surface area contributed by atoms with Crippen molar-refractivity contribution in [2.75, 3.05) is 33.3 Å². The molecule has 4 aromatic rings. The third-order valence-corrected chi connectivity index (χ3v) is 6.82. The summed E-state index contributed by atoms with van der Waals surface area (Å²) in [4.78, 5) is 27.6. The molecule has 5 rings (SSSR count).